The van der Waals surface area contributed by atoms with Crippen LogP contribution in [-0.2, 0) is 4.79 Å². The van der Waals surface area contributed by atoms with Crippen molar-refractivity contribution >= 4 is 11.7 Å². The van der Waals surface area contributed by atoms with E-state index in [2.05, 4.69) is 17.3 Å². The van der Waals surface area contributed by atoms with Gasteiger partial charge in [0, 0.05) is 25.2 Å². The molecule has 1 fully saturated rings. The van der Waals surface area contributed by atoms with Crippen LogP contribution in [0.2, 0.25) is 0 Å². The van der Waals surface area contributed by atoms with Crippen LogP contribution < -0.4 is 0 Å². The molecule has 1 aliphatic carbocycles. The van der Waals surface area contributed by atoms with Gasteiger partial charge in [0.2, 0.25) is 5.91 Å². The lowest BCUT2D eigenvalue weighted by Gasteiger charge is -2.20. The number of carbonyl (C=O) groups is 2. The van der Waals surface area contributed by atoms with Crippen molar-refractivity contribution in [3.63, 3.8) is 0 Å². The Morgan fingerprint density at radius 1 is 1.21 bits per heavy atom. The van der Waals surface area contributed by atoms with Gasteiger partial charge in [0.15, 0.2) is 5.78 Å². The minimum atomic E-state index is -0.0370. The number of ketones is 1. The van der Waals surface area contributed by atoms with Crippen molar-refractivity contribution in [2.24, 2.45) is 11.8 Å². The van der Waals surface area contributed by atoms with E-state index in [0.717, 1.165) is 37.3 Å². The first-order valence-electron chi connectivity index (χ1n) is 8.88. The van der Waals surface area contributed by atoms with Gasteiger partial charge in [-0.3, -0.25) is 14.3 Å². The Balaban J connectivity index is 1.67. The summed E-state index contributed by atoms with van der Waals surface area (Å²) in [6.45, 7) is 9.11. The van der Waals surface area contributed by atoms with E-state index < -0.39 is 0 Å². The summed E-state index contributed by atoms with van der Waals surface area (Å²) in [7, 11) is 0. The zero-order valence-electron chi connectivity index (χ0n) is 15.1. The van der Waals surface area contributed by atoms with Crippen LogP contribution in [-0.4, -0.2) is 39.5 Å². The van der Waals surface area contributed by atoms with E-state index in [0.29, 0.717) is 23.8 Å². The number of allylic oxidation sites excluding steroid dienone is 2. The molecule has 0 radical (unpaired) electrons. The molecular formula is C19H27N3O2. The summed E-state index contributed by atoms with van der Waals surface area (Å²) in [5, 5.41) is 4.50. The van der Waals surface area contributed by atoms with Crippen LogP contribution in [0.3, 0.4) is 0 Å². The summed E-state index contributed by atoms with van der Waals surface area (Å²) in [4.78, 5) is 26.5. The Bertz CT molecular complexity index is 673. The highest BCUT2D eigenvalue weighted by Crippen LogP contribution is 2.33. The number of hydrogen-bond donors (Lipinski definition) is 0. The van der Waals surface area contributed by atoms with Gasteiger partial charge in [-0.25, -0.2) is 0 Å². The van der Waals surface area contributed by atoms with Crippen LogP contribution in [0, 0.1) is 25.7 Å². The summed E-state index contributed by atoms with van der Waals surface area (Å²) in [6, 6.07) is -0.0370. The predicted octanol–water partition coefficient (Wildman–Crippen LogP) is 3.08. The molecule has 1 aromatic rings. The summed E-state index contributed by atoms with van der Waals surface area (Å²) in [5.41, 5.74) is 2.30. The Kier molecular flexibility index (Phi) is 4.61. The highest BCUT2D eigenvalue weighted by Gasteiger charge is 2.35. The topological polar surface area (TPSA) is 55.2 Å². The summed E-state index contributed by atoms with van der Waals surface area (Å²) in [5.74, 6) is 1.50. The molecule has 5 heteroatoms. The molecule has 0 spiro atoms. The Hall–Kier alpha value is -1.91. The van der Waals surface area contributed by atoms with Gasteiger partial charge in [0.25, 0.3) is 0 Å². The van der Waals surface area contributed by atoms with Crippen LogP contribution in [0.15, 0.2) is 12.2 Å². The van der Waals surface area contributed by atoms with Gasteiger partial charge in [-0.05, 0) is 52.4 Å². The van der Waals surface area contributed by atoms with Crippen molar-refractivity contribution in [2.45, 2.75) is 53.0 Å². The number of hydrogen-bond acceptors (Lipinski definition) is 3. The van der Waals surface area contributed by atoms with E-state index in [9.17, 15) is 9.59 Å². The standard InChI is InChI=1S/C19H27N3O2/c1-12(22-14(3)19(15(4)23)13(2)20-22)9-18(24)21-10-16-7-5-6-8-17(16)11-21/h5-6,12,16-17H,7-11H2,1-4H3/t12-,16-,17+/m1/s1. The van der Waals surface area contributed by atoms with Gasteiger partial charge in [0.05, 0.1) is 17.3 Å². The predicted molar refractivity (Wildman–Crippen MR) is 93.0 cm³/mol. The Morgan fingerprint density at radius 2 is 1.79 bits per heavy atom. The molecule has 1 saturated heterocycles. The van der Waals surface area contributed by atoms with Gasteiger partial charge in [0.1, 0.15) is 0 Å². The largest absolute Gasteiger partial charge is 0.342 e. The number of Topliss-reactive ketones (excluding diaryl/α,β-unsaturated/α-hetero) is 1. The van der Waals surface area contributed by atoms with Crippen LogP contribution in [0.25, 0.3) is 0 Å². The second-order valence-corrected chi connectivity index (χ2v) is 7.36. The SMILES string of the molecule is CC(=O)c1c(C)nn([C@H](C)CC(=O)N2C[C@H]3CC=CC[C@H]3C2)c1C. The third-order valence-corrected chi connectivity index (χ3v) is 5.54. The Morgan fingerprint density at radius 3 is 2.29 bits per heavy atom. The molecule has 2 aliphatic rings. The molecule has 130 valence electrons. The lowest BCUT2D eigenvalue weighted by atomic mass is 9.86. The summed E-state index contributed by atoms with van der Waals surface area (Å²) < 4.78 is 1.84. The minimum Gasteiger partial charge on any atom is -0.342 e. The van der Waals surface area contributed by atoms with Crippen molar-refractivity contribution in [3.05, 3.63) is 29.1 Å². The highest BCUT2D eigenvalue weighted by molar-refractivity contribution is 5.96. The third kappa shape index (κ3) is 3.04. The first-order chi connectivity index (χ1) is 11.4. The van der Waals surface area contributed by atoms with Gasteiger partial charge in [-0.1, -0.05) is 12.2 Å². The van der Waals surface area contributed by atoms with Crippen molar-refractivity contribution in [1.29, 1.82) is 0 Å². The first kappa shape index (κ1) is 16.9. The molecule has 0 bridgehead atoms. The van der Waals surface area contributed by atoms with Gasteiger partial charge in [-0.15, -0.1) is 0 Å². The zero-order valence-corrected chi connectivity index (χ0v) is 15.1. The summed E-state index contributed by atoms with van der Waals surface area (Å²) in [6.07, 6.45) is 7.13. The molecule has 3 atom stereocenters. The normalized spacial score (nSPS) is 24.1. The number of likely N-dealkylation sites (tertiary alicyclic amines) is 1. The fraction of sp³-hybridized carbons (Fsp3) is 0.632. The third-order valence-electron chi connectivity index (χ3n) is 5.54. The van der Waals surface area contributed by atoms with E-state index in [1.807, 2.05) is 30.4 Å². The number of aryl methyl sites for hydroxylation is 1. The monoisotopic (exact) mass is 329 g/mol. The Labute approximate surface area is 143 Å². The lowest BCUT2D eigenvalue weighted by Crippen LogP contribution is -2.31. The fourth-order valence-corrected chi connectivity index (χ4v) is 4.29. The molecular weight excluding hydrogens is 302 g/mol. The molecule has 1 aliphatic heterocycles. The zero-order chi connectivity index (χ0) is 17.4. The molecule has 0 N–H and O–H groups in total. The maximum absolute atomic E-state index is 12.7. The highest BCUT2D eigenvalue weighted by atomic mass is 16.2. The number of rotatable bonds is 4. The van der Waals surface area contributed by atoms with Crippen molar-refractivity contribution in [2.75, 3.05) is 13.1 Å². The van der Waals surface area contributed by atoms with E-state index >= 15 is 0 Å². The molecule has 1 amide bonds. The molecule has 3 rings (SSSR count). The average molecular weight is 329 g/mol. The summed E-state index contributed by atoms with van der Waals surface area (Å²) >= 11 is 0. The lowest BCUT2D eigenvalue weighted by molar-refractivity contribution is -0.131. The molecule has 24 heavy (non-hydrogen) atoms. The van der Waals surface area contributed by atoms with E-state index in [4.69, 9.17) is 0 Å². The number of carbonyl (C=O) groups excluding carboxylic acids is 2. The molecule has 0 unspecified atom stereocenters. The number of amides is 1. The molecule has 5 nitrogen and oxygen atoms in total. The van der Waals surface area contributed by atoms with Gasteiger partial charge in [-0.2, -0.15) is 5.10 Å². The smallest absolute Gasteiger partial charge is 0.224 e. The quantitative estimate of drug-likeness (QED) is 0.630. The first-order valence-corrected chi connectivity index (χ1v) is 8.88. The molecule has 1 aromatic heterocycles. The van der Waals surface area contributed by atoms with Gasteiger partial charge >= 0.3 is 0 Å². The van der Waals surface area contributed by atoms with Crippen molar-refractivity contribution in [1.82, 2.24) is 14.7 Å². The van der Waals surface area contributed by atoms with Crippen LogP contribution in [0.1, 0.15) is 60.9 Å². The van der Waals surface area contributed by atoms with E-state index in [1.54, 1.807) is 6.92 Å². The van der Waals surface area contributed by atoms with Gasteiger partial charge < -0.3 is 4.90 Å². The average Bonchev–Trinajstić information content (AvgIpc) is 3.08. The second kappa shape index (κ2) is 6.54. The number of aromatic nitrogens is 2. The van der Waals surface area contributed by atoms with E-state index in [-0.39, 0.29) is 17.7 Å². The maximum atomic E-state index is 12.7. The number of nitrogens with zero attached hydrogens (tertiary/aromatic N) is 3. The molecule has 2 heterocycles. The second-order valence-electron chi connectivity index (χ2n) is 7.36. The molecule has 0 aromatic carbocycles. The number of fused-ring (bicyclic) bond motifs is 1. The van der Waals surface area contributed by atoms with Crippen LogP contribution in [0.4, 0.5) is 0 Å². The van der Waals surface area contributed by atoms with Crippen LogP contribution >= 0.6 is 0 Å². The fourth-order valence-electron chi connectivity index (χ4n) is 4.29. The maximum Gasteiger partial charge on any atom is 0.224 e. The van der Waals surface area contributed by atoms with E-state index in [1.165, 1.54) is 0 Å². The van der Waals surface area contributed by atoms with Crippen molar-refractivity contribution in [3.8, 4) is 0 Å². The van der Waals surface area contributed by atoms with Crippen LogP contribution in [0.5, 0.6) is 0 Å². The molecule has 0 saturated carbocycles. The minimum absolute atomic E-state index is 0.0332. The van der Waals surface area contributed by atoms with Crippen molar-refractivity contribution < 1.29 is 9.59 Å².